The first kappa shape index (κ1) is 13.5. The molecular formula is C13H23N3O2. The van der Waals surface area contributed by atoms with E-state index >= 15 is 0 Å². The Labute approximate surface area is 108 Å². The highest BCUT2D eigenvalue weighted by molar-refractivity contribution is 5.07. The molecule has 0 radical (unpaired) electrons. The Morgan fingerprint density at radius 1 is 1.67 bits per heavy atom. The van der Waals surface area contributed by atoms with Crippen LogP contribution in [-0.2, 0) is 16.0 Å². The van der Waals surface area contributed by atoms with E-state index in [1.807, 2.05) is 19.4 Å². The molecule has 2 heterocycles. The van der Waals surface area contributed by atoms with E-state index in [0.29, 0.717) is 5.92 Å². The third-order valence-electron chi connectivity index (χ3n) is 3.46. The van der Waals surface area contributed by atoms with Crippen molar-refractivity contribution in [2.75, 3.05) is 19.8 Å². The number of hydrogen-bond donors (Lipinski definition) is 1. The maximum absolute atomic E-state index is 6.31. The van der Waals surface area contributed by atoms with Gasteiger partial charge in [-0.15, -0.1) is 0 Å². The van der Waals surface area contributed by atoms with Crippen LogP contribution in [-0.4, -0.2) is 35.5 Å². The van der Waals surface area contributed by atoms with Gasteiger partial charge in [0.1, 0.15) is 0 Å². The minimum atomic E-state index is 0.00354. The highest BCUT2D eigenvalue weighted by Gasteiger charge is 2.26. The fourth-order valence-corrected chi connectivity index (χ4v) is 2.45. The van der Waals surface area contributed by atoms with Crippen LogP contribution in [0.2, 0.25) is 0 Å². The monoisotopic (exact) mass is 253 g/mol. The zero-order chi connectivity index (χ0) is 13.0. The van der Waals surface area contributed by atoms with Gasteiger partial charge in [0.2, 0.25) is 0 Å². The molecule has 1 aliphatic heterocycles. The van der Waals surface area contributed by atoms with Crippen molar-refractivity contribution < 1.29 is 9.47 Å². The SMILES string of the molecule is CCOC(C)Cn1cncc1C(N)C1CCOC1. The summed E-state index contributed by atoms with van der Waals surface area (Å²) in [5, 5.41) is 0. The molecule has 1 saturated heterocycles. The number of aromatic nitrogens is 2. The summed E-state index contributed by atoms with van der Waals surface area (Å²) in [5.74, 6) is 0.405. The summed E-state index contributed by atoms with van der Waals surface area (Å²) in [6.07, 6.45) is 4.91. The van der Waals surface area contributed by atoms with Gasteiger partial charge in [-0.3, -0.25) is 0 Å². The van der Waals surface area contributed by atoms with Crippen molar-refractivity contribution in [2.24, 2.45) is 11.7 Å². The summed E-state index contributed by atoms with van der Waals surface area (Å²) < 4.78 is 13.1. The van der Waals surface area contributed by atoms with Crippen LogP contribution in [0.1, 0.15) is 32.0 Å². The van der Waals surface area contributed by atoms with Gasteiger partial charge in [-0.2, -0.15) is 0 Å². The van der Waals surface area contributed by atoms with E-state index in [4.69, 9.17) is 15.2 Å². The van der Waals surface area contributed by atoms with Gasteiger partial charge in [0.05, 0.1) is 30.8 Å². The molecule has 5 nitrogen and oxygen atoms in total. The van der Waals surface area contributed by atoms with Crippen LogP contribution in [0.25, 0.3) is 0 Å². The lowest BCUT2D eigenvalue weighted by Crippen LogP contribution is -2.26. The predicted molar refractivity (Wildman–Crippen MR) is 69.2 cm³/mol. The Balaban J connectivity index is 2.02. The molecule has 0 bridgehead atoms. The fraction of sp³-hybridized carbons (Fsp3) is 0.769. The average molecular weight is 253 g/mol. The molecular weight excluding hydrogens is 230 g/mol. The third-order valence-corrected chi connectivity index (χ3v) is 3.46. The quantitative estimate of drug-likeness (QED) is 0.831. The molecule has 2 rings (SSSR count). The van der Waals surface area contributed by atoms with Gasteiger partial charge < -0.3 is 19.8 Å². The summed E-state index contributed by atoms with van der Waals surface area (Å²) in [7, 11) is 0. The molecule has 1 aromatic rings. The Morgan fingerprint density at radius 3 is 3.17 bits per heavy atom. The second-order valence-electron chi connectivity index (χ2n) is 4.89. The molecule has 3 unspecified atom stereocenters. The van der Waals surface area contributed by atoms with Crippen molar-refractivity contribution in [3.8, 4) is 0 Å². The van der Waals surface area contributed by atoms with E-state index in [9.17, 15) is 0 Å². The summed E-state index contributed by atoms with van der Waals surface area (Å²) in [6.45, 7) is 7.18. The largest absolute Gasteiger partial charge is 0.381 e. The third kappa shape index (κ3) is 3.10. The molecule has 0 aliphatic carbocycles. The van der Waals surface area contributed by atoms with Gasteiger partial charge >= 0.3 is 0 Å². The lowest BCUT2D eigenvalue weighted by atomic mass is 9.97. The Hall–Kier alpha value is -0.910. The van der Waals surface area contributed by atoms with E-state index in [-0.39, 0.29) is 12.1 Å². The first-order valence-corrected chi connectivity index (χ1v) is 6.67. The fourth-order valence-electron chi connectivity index (χ4n) is 2.45. The Bertz CT molecular complexity index is 361. The topological polar surface area (TPSA) is 62.3 Å². The summed E-state index contributed by atoms with van der Waals surface area (Å²) in [4.78, 5) is 4.21. The molecule has 1 aromatic heterocycles. The molecule has 2 N–H and O–H groups in total. The molecule has 1 aliphatic rings. The average Bonchev–Trinajstić information content (AvgIpc) is 2.98. The van der Waals surface area contributed by atoms with Crippen LogP contribution in [0, 0.1) is 5.92 Å². The Kier molecular flexibility index (Phi) is 4.74. The molecule has 0 aromatic carbocycles. The lowest BCUT2D eigenvalue weighted by Gasteiger charge is -2.21. The summed E-state index contributed by atoms with van der Waals surface area (Å²) in [6, 6.07) is 0.00354. The zero-order valence-corrected chi connectivity index (χ0v) is 11.2. The number of nitrogens with two attached hydrogens (primary N) is 1. The number of imidazole rings is 1. The van der Waals surface area contributed by atoms with Crippen LogP contribution in [0.5, 0.6) is 0 Å². The molecule has 1 fully saturated rings. The smallest absolute Gasteiger partial charge is 0.0949 e. The van der Waals surface area contributed by atoms with E-state index in [2.05, 4.69) is 16.5 Å². The van der Waals surface area contributed by atoms with E-state index in [1.165, 1.54) is 0 Å². The zero-order valence-electron chi connectivity index (χ0n) is 11.2. The van der Waals surface area contributed by atoms with Crippen LogP contribution in [0.15, 0.2) is 12.5 Å². The maximum atomic E-state index is 6.31. The molecule has 0 amide bonds. The van der Waals surface area contributed by atoms with E-state index < -0.39 is 0 Å². The number of ether oxygens (including phenoxy) is 2. The highest BCUT2D eigenvalue weighted by atomic mass is 16.5. The minimum Gasteiger partial charge on any atom is -0.381 e. The van der Waals surface area contributed by atoms with Crippen molar-refractivity contribution in [1.82, 2.24) is 9.55 Å². The maximum Gasteiger partial charge on any atom is 0.0949 e. The highest BCUT2D eigenvalue weighted by Crippen LogP contribution is 2.26. The van der Waals surface area contributed by atoms with Gasteiger partial charge in [0.25, 0.3) is 0 Å². The van der Waals surface area contributed by atoms with Crippen LogP contribution < -0.4 is 5.73 Å². The van der Waals surface area contributed by atoms with Crippen molar-refractivity contribution in [3.63, 3.8) is 0 Å². The van der Waals surface area contributed by atoms with Gasteiger partial charge in [0, 0.05) is 31.9 Å². The summed E-state index contributed by atoms with van der Waals surface area (Å²) in [5.41, 5.74) is 7.39. The molecule has 0 saturated carbocycles. The predicted octanol–water partition coefficient (Wildman–Crippen LogP) is 1.34. The molecule has 5 heteroatoms. The molecule has 18 heavy (non-hydrogen) atoms. The number of rotatable bonds is 6. The van der Waals surface area contributed by atoms with Crippen LogP contribution >= 0.6 is 0 Å². The normalized spacial score (nSPS) is 23.2. The van der Waals surface area contributed by atoms with Crippen molar-refractivity contribution >= 4 is 0 Å². The molecule has 102 valence electrons. The van der Waals surface area contributed by atoms with Crippen LogP contribution in [0.4, 0.5) is 0 Å². The Morgan fingerprint density at radius 2 is 2.50 bits per heavy atom. The second-order valence-corrected chi connectivity index (χ2v) is 4.89. The minimum absolute atomic E-state index is 0.00354. The van der Waals surface area contributed by atoms with Crippen molar-refractivity contribution in [3.05, 3.63) is 18.2 Å². The van der Waals surface area contributed by atoms with Gasteiger partial charge in [0.15, 0.2) is 0 Å². The lowest BCUT2D eigenvalue weighted by molar-refractivity contribution is 0.0630. The van der Waals surface area contributed by atoms with Gasteiger partial charge in [-0.05, 0) is 20.3 Å². The molecule has 3 atom stereocenters. The van der Waals surface area contributed by atoms with Crippen molar-refractivity contribution in [2.45, 2.75) is 39.0 Å². The first-order chi connectivity index (χ1) is 8.72. The number of nitrogens with zero attached hydrogens (tertiary/aromatic N) is 2. The van der Waals surface area contributed by atoms with Crippen LogP contribution in [0.3, 0.4) is 0 Å². The standard InChI is InChI=1S/C13H23N3O2/c1-3-18-10(2)7-16-9-15-6-12(16)13(14)11-4-5-17-8-11/h6,9-11,13H,3-5,7-8,14H2,1-2H3. The number of hydrogen-bond acceptors (Lipinski definition) is 4. The van der Waals surface area contributed by atoms with Crippen molar-refractivity contribution in [1.29, 1.82) is 0 Å². The van der Waals surface area contributed by atoms with Gasteiger partial charge in [-0.25, -0.2) is 4.98 Å². The summed E-state index contributed by atoms with van der Waals surface area (Å²) >= 11 is 0. The van der Waals surface area contributed by atoms with Gasteiger partial charge in [-0.1, -0.05) is 0 Å². The van der Waals surface area contributed by atoms with E-state index in [0.717, 1.165) is 38.5 Å². The molecule has 0 spiro atoms. The second kappa shape index (κ2) is 6.31. The van der Waals surface area contributed by atoms with E-state index in [1.54, 1.807) is 0 Å². The first-order valence-electron chi connectivity index (χ1n) is 6.67.